The summed E-state index contributed by atoms with van der Waals surface area (Å²) in [5, 5.41) is 14.3. The third-order valence-corrected chi connectivity index (χ3v) is 3.37. The third-order valence-electron chi connectivity index (χ3n) is 2.54. The predicted octanol–water partition coefficient (Wildman–Crippen LogP) is 4.44. The fourth-order valence-corrected chi connectivity index (χ4v) is 2.17. The maximum Gasteiger partial charge on any atom is 0.335 e. The number of halogens is 2. The minimum Gasteiger partial charge on any atom is -0.478 e. The summed E-state index contributed by atoms with van der Waals surface area (Å²) < 4.78 is 0.825. The molecule has 0 unspecified atom stereocenters. The van der Waals surface area contributed by atoms with Gasteiger partial charge in [-0.1, -0.05) is 33.6 Å². The molecular weight excluding hydrogens is 360 g/mol. The summed E-state index contributed by atoms with van der Waals surface area (Å²) in [6, 6.07) is 10.6. The highest BCUT2D eigenvalue weighted by Gasteiger charge is 2.10. The van der Waals surface area contributed by atoms with Crippen molar-refractivity contribution < 1.29 is 14.7 Å². The molecule has 0 fully saturated rings. The van der Waals surface area contributed by atoms with Gasteiger partial charge in [-0.05, 0) is 36.4 Å². The molecule has 2 rings (SSSR count). The highest BCUT2D eigenvalue weighted by Crippen LogP contribution is 2.23. The fraction of sp³-hybridized carbons (Fsp3) is 0. The zero-order chi connectivity index (χ0) is 15.4. The number of carbonyl (C=O) groups excluding carboxylic acids is 1. The number of aromatic carboxylic acids is 1. The van der Waals surface area contributed by atoms with Gasteiger partial charge in [-0.3, -0.25) is 0 Å². The number of carboxylic acid groups (broad SMARTS) is 1. The number of hydrogen-bond donors (Lipinski definition) is 3. The molecule has 0 bridgehead atoms. The van der Waals surface area contributed by atoms with Crippen molar-refractivity contribution in [2.75, 3.05) is 10.6 Å². The number of anilines is 2. The summed E-state index contributed by atoms with van der Waals surface area (Å²) in [7, 11) is 0. The minimum absolute atomic E-state index is 0.0390. The van der Waals surface area contributed by atoms with Crippen LogP contribution in [0.3, 0.4) is 0 Å². The molecule has 2 aromatic rings. The summed E-state index contributed by atoms with van der Waals surface area (Å²) in [5.74, 6) is -1.10. The first kappa shape index (κ1) is 15.3. The zero-order valence-corrected chi connectivity index (χ0v) is 12.9. The van der Waals surface area contributed by atoms with E-state index in [0.717, 1.165) is 4.47 Å². The molecule has 0 spiro atoms. The van der Waals surface area contributed by atoms with Gasteiger partial charge >= 0.3 is 12.0 Å². The second-order valence-electron chi connectivity index (χ2n) is 4.09. The van der Waals surface area contributed by atoms with E-state index in [-0.39, 0.29) is 16.3 Å². The van der Waals surface area contributed by atoms with E-state index in [1.807, 2.05) is 6.07 Å². The van der Waals surface area contributed by atoms with Gasteiger partial charge in [0.2, 0.25) is 0 Å². The molecule has 0 saturated heterocycles. The first-order valence-corrected chi connectivity index (χ1v) is 6.99. The first-order valence-electron chi connectivity index (χ1n) is 5.82. The van der Waals surface area contributed by atoms with Crippen LogP contribution in [0.4, 0.5) is 16.2 Å². The van der Waals surface area contributed by atoms with Crippen LogP contribution in [0.15, 0.2) is 46.9 Å². The Labute approximate surface area is 134 Å². The van der Waals surface area contributed by atoms with Gasteiger partial charge < -0.3 is 15.7 Å². The lowest BCUT2D eigenvalue weighted by Crippen LogP contribution is -2.19. The molecule has 21 heavy (non-hydrogen) atoms. The van der Waals surface area contributed by atoms with Gasteiger partial charge in [0.15, 0.2) is 0 Å². The number of hydrogen-bond acceptors (Lipinski definition) is 2. The van der Waals surface area contributed by atoms with E-state index in [0.29, 0.717) is 5.69 Å². The van der Waals surface area contributed by atoms with Crippen molar-refractivity contribution in [1.29, 1.82) is 0 Å². The molecule has 7 heteroatoms. The van der Waals surface area contributed by atoms with Crippen LogP contribution >= 0.6 is 27.5 Å². The summed E-state index contributed by atoms with van der Waals surface area (Å²) in [6.45, 7) is 0. The maximum atomic E-state index is 11.9. The van der Waals surface area contributed by atoms with Gasteiger partial charge in [0.25, 0.3) is 0 Å². The van der Waals surface area contributed by atoms with E-state index in [4.69, 9.17) is 16.7 Å². The molecule has 5 nitrogen and oxygen atoms in total. The van der Waals surface area contributed by atoms with E-state index in [2.05, 4.69) is 26.6 Å². The van der Waals surface area contributed by atoms with Crippen molar-refractivity contribution >= 4 is 50.9 Å². The summed E-state index contributed by atoms with van der Waals surface area (Å²) in [6.07, 6.45) is 0. The molecule has 0 heterocycles. The second kappa shape index (κ2) is 6.60. The fourth-order valence-electron chi connectivity index (χ4n) is 1.60. The van der Waals surface area contributed by atoms with Gasteiger partial charge in [-0.2, -0.15) is 0 Å². The van der Waals surface area contributed by atoms with Crippen LogP contribution in [0.1, 0.15) is 10.4 Å². The molecule has 0 saturated carbocycles. The molecule has 0 aliphatic carbocycles. The van der Waals surface area contributed by atoms with E-state index in [9.17, 15) is 9.59 Å². The lowest BCUT2D eigenvalue weighted by atomic mass is 10.2. The molecule has 0 aliphatic rings. The van der Waals surface area contributed by atoms with Gasteiger partial charge in [-0.15, -0.1) is 0 Å². The van der Waals surface area contributed by atoms with Crippen LogP contribution in [0.2, 0.25) is 5.02 Å². The van der Waals surface area contributed by atoms with Crippen molar-refractivity contribution in [3.63, 3.8) is 0 Å². The van der Waals surface area contributed by atoms with Crippen molar-refractivity contribution in [1.82, 2.24) is 0 Å². The SMILES string of the molecule is O=C(Nc1cccc(Br)c1)Nc1cc(C(=O)O)ccc1Cl. The topological polar surface area (TPSA) is 78.4 Å². The van der Waals surface area contributed by atoms with Gasteiger partial charge in [-0.25, -0.2) is 9.59 Å². The molecule has 0 atom stereocenters. The van der Waals surface area contributed by atoms with Crippen molar-refractivity contribution in [3.05, 3.63) is 57.5 Å². The molecule has 0 radical (unpaired) electrons. The van der Waals surface area contributed by atoms with E-state index in [1.165, 1.54) is 18.2 Å². The Morgan fingerprint density at radius 2 is 1.86 bits per heavy atom. The van der Waals surface area contributed by atoms with E-state index in [1.54, 1.807) is 18.2 Å². The minimum atomic E-state index is -1.10. The van der Waals surface area contributed by atoms with E-state index >= 15 is 0 Å². The van der Waals surface area contributed by atoms with E-state index < -0.39 is 12.0 Å². The van der Waals surface area contributed by atoms with Crippen molar-refractivity contribution in [2.45, 2.75) is 0 Å². The number of benzene rings is 2. The van der Waals surface area contributed by atoms with Crippen LogP contribution in [0, 0.1) is 0 Å². The van der Waals surface area contributed by atoms with Gasteiger partial charge in [0.1, 0.15) is 0 Å². The molecule has 108 valence electrons. The molecule has 0 aromatic heterocycles. The largest absolute Gasteiger partial charge is 0.478 e. The Kier molecular flexibility index (Phi) is 4.82. The first-order chi connectivity index (χ1) is 9.95. The molecular formula is C14H10BrClN2O3. The third kappa shape index (κ3) is 4.21. The Balaban J connectivity index is 2.12. The second-order valence-corrected chi connectivity index (χ2v) is 5.41. The van der Waals surface area contributed by atoms with Crippen LogP contribution < -0.4 is 10.6 Å². The number of nitrogens with one attached hydrogen (secondary N) is 2. The highest BCUT2D eigenvalue weighted by molar-refractivity contribution is 9.10. The zero-order valence-electron chi connectivity index (χ0n) is 10.6. The summed E-state index contributed by atoms with van der Waals surface area (Å²) in [5.41, 5.74) is 0.855. The number of urea groups is 1. The normalized spacial score (nSPS) is 10.0. The number of carboxylic acids is 1. The standard InChI is InChI=1S/C14H10BrClN2O3/c15-9-2-1-3-10(7-9)17-14(21)18-12-6-8(13(19)20)4-5-11(12)16/h1-7H,(H,19,20)(H2,17,18,21). The monoisotopic (exact) mass is 368 g/mol. The van der Waals surface area contributed by atoms with Gasteiger partial charge in [0, 0.05) is 10.2 Å². The molecule has 3 N–H and O–H groups in total. The number of rotatable bonds is 3. The van der Waals surface area contributed by atoms with Crippen molar-refractivity contribution in [3.8, 4) is 0 Å². The molecule has 0 aliphatic heterocycles. The Morgan fingerprint density at radius 1 is 1.10 bits per heavy atom. The Morgan fingerprint density at radius 3 is 2.52 bits per heavy atom. The summed E-state index contributed by atoms with van der Waals surface area (Å²) >= 11 is 9.23. The van der Waals surface area contributed by atoms with Crippen LogP contribution in [-0.4, -0.2) is 17.1 Å². The lowest BCUT2D eigenvalue weighted by molar-refractivity contribution is 0.0697. The average molecular weight is 370 g/mol. The Hall–Kier alpha value is -2.05. The van der Waals surface area contributed by atoms with Crippen molar-refractivity contribution in [2.24, 2.45) is 0 Å². The van der Waals surface area contributed by atoms with Crippen LogP contribution in [0.5, 0.6) is 0 Å². The quantitative estimate of drug-likeness (QED) is 0.748. The molecule has 2 amide bonds. The predicted molar refractivity (Wildman–Crippen MR) is 85.2 cm³/mol. The summed E-state index contributed by atoms with van der Waals surface area (Å²) in [4.78, 5) is 22.8. The van der Waals surface area contributed by atoms with Crippen LogP contribution in [0.25, 0.3) is 0 Å². The highest BCUT2D eigenvalue weighted by atomic mass is 79.9. The molecule has 2 aromatic carbocycles. The average Bonchev–Trinajstić information content (AvgIpc) is 2.41. The van der Waals surface area contributed by atoms with Gasteiger partial charge in [0.05, 0.1) is 16.3 Å². The smallest absolute Gasteiger partial charge is 0.335 e. The number of amides is 2. The lowest BCUT2D eigenvalue weighted by Gasteiger charge is -2.10. The maximum absolute atomic E-state index is 11.9. The number of carbonyl (C=O) groups is 2. The Bertz CT molecular complexity index is 706. The van der Waals surface area contributed by atoms with Crippen LogP contribution in [-0.2, 0) is 0 Å².